The molecule has 0 saturated carbocycles. The van der Waals surface area contributed by atoms with Crippen molar-refractivity contribution in [3.05, 3.63) is 28.8 Å². The second-order valence-electron chi connectivity index (χ2n) is 6.09. The summed E-state index contributed by atoms with van der Waals surface area (Å²) in [4.78, 5) is 2.19. The lowest BCUT2D eigenvalue weighted by Gasteiger charge is -2.47. The van der Waals surface area contributed by atoms with Crippen LogP contribution in [-0.2, 0) is 0 Å². The monoisotopic (exact) mass is 297 g/mol. The lowest BCUT2D eigenvalue weighted by molar-refractivity contribution is -0.0748. The predicted molar refractivity (Wildman–Crippen MR) is 82.4 cm³/mol. The number of aliphatic hydroxyl groups is 1. The third-order valence-electron chi connectivity index (χ3n) is 4.03. The van der Waals surface area contributed by atoms with Gasteiger partial charge in [0.05, 0.1) is 11.1 Å². The quantitative estimate of drug-likeness (QED) is 0.921. The molecule has 4 heteroatoms. The van der Waals surface area contributed by atoms with Gasteiger partial charge in [0.1, 0.15) is 17.5 Å². The van der Waals surface area contributed by atoms with E-state index in [9.17, 15) is 5.11 Å². The first kappa shape index (κ1) is 15.6. The normalized spacial score (nSPS) is 24.4. The van der Waals surface area contributed by atoms with Crippen LogP contribution >= 0.6 is 11.6 Å². The number of ether oxygens (including phenoxy) is 1. The van der Waals surface area contributed by atoms with Gasteiger partial charge in [-0.3, -0.25) is 4.90 Å². The average Bonchev–Trinajstić information content (AvgIpc) is 2.37. The molecule has 0 aromatic heterocycles. The van der Waals surface area contributed by atoms with Crippen LogP contribution in [0.3, 0.4) is 0 Å². The van der Waals surface area contributed by atoms with E-state index < -0.39 is 11.7 Å². The maximum absolute atomic E-state index is 10.8. The minimum atomic E-state index is -0.589. The van der Waals surface area contributed by atoms with Crippen molar-refractivity contribution in [1.29, 1.82) is 0 Å². The van der Waals surface area contributed by atoms with Gasteiger partial charge in [0.15, 0.2) is 0 Å². The zero-order chi connectivity index (χ0) is 14.9. The van der Waals surface area contributed by atoms with Gasteiger partial charge in [0.25, 0.3) is 0 Å². The minimum absolute atomic E-state index is 0.0833. The van der Waals surface area contributed by atoms with Crippen LogP contribution in [0.4, 0.5) is 0 Å². The van der Waals surface area contributed by atoms with Crippen molar-refractivity contribution in [2.75, 3.05) is 13.6 Å². The number of para-hydroxylation sites is 1. The smallest absolute Gasteiger partial charge is 0.144 e. The number of aliphatic hydroxyl groups excluding tert-OH is 1. The molecule has 0 bridgehead atoms. The third kappa shape index (κ3) is 2.80. The third-order valence-corrected chi connectivity index (χ3v) is 4.33. The molecule has 1 aromatic carbocycles. The van der Waals surface area contributed by atoms with E-state index in [4.69, 9.17) is 16.3 Å². The van der Waals surface area contributed by atoms with E-state index in [1.54, 1.807) is 6.07 Å². The molecule has 112 valence electrons. The van der Waals surface area contributed by atoms with Crippen molar-refractivity contribution in [3.8, 4) is 5.75 Å². The van der Waals surface area contributed by atoms with E-state index >= 15 is 0 Å². The molecule has 2 rings (SSSR count). The highest BCUT2D eigenvalue weighted by molar-refractivity contribution is 6.32. The summed E-state index contributed by atoms with van der Waals surface area (Å²) in [5.74, 6) is 0.617. The van der Waals surface area contributed by atoms with Crippen molar-refractivity contribution >= 4 is 11.6 Å². The number of likely N-dealkylation sites (N-methyl/N-ethyl adjacent to an activating group) is 1. The highest BCUT2D eigenvalue weighted by Gasteiger charge is 2.45. The number of nitrogens with zero attached hydrogens (tertiary/aromatic N) is 1. The Morgan fingerprint density at radius 3 is 2.75 bits per heavy atom. The van der Waals surface area contributed by atoms with Crippen LogP contribution in [0, 0.1) is 0 Å². The summed E-state index contributed by atoms with van der Waals surface area (Å²) in [6, 6.07) is 5.46. The molecule has 0 radical (unpaired) electrons. The Balaban J connectivity index is 2.34. The van der Waals surface area contributed by atoms with Crippen molar-refractivity contribution in [2.45, 2.75) is 51.4 Å². The average molecular weight is 298 g/mol. The van der Waals surface area contributed by atoms with Gasteiger partial charge in [-0.2, -0.15) is 0 Å². The lowest BCUT2D eigenvalue weighted by atomic mass is 9.85. The van der Waals surface area contributed by atoms with Crippen LogP contribution < -0.4 is 4.74 Å². The van der Waals surface area contributed by atoms with E-state index in [0.29, 0.717) is 10.8 Å². The van der Waals surface area contributed by atoms with Crippen LogP contribution in [0.1, 0.15) is 45.3 Å². The summed E-state index contributed by atoms with van der Waals surface area (Å²) >= 11 is 6.20. The molecule has 1 aromatic rings. The van der Waals surface area contributed by atoms with Crippen LogP contribution in [-0.4, -0.2) is 35.2 Å². The summed E-state index contributed by atoms with van der Waals surface area (Å²) < 4.78 is 6.10. The molecule has 2 atom stereocenters. The number of halogens is 1. The largest absolute Gasteiger partial charge is 0.484 e. The van der Waals surface area contributed by atoms with Crippen molar-refractivity contribution < 1.29 is 9.84 Å². The first-order valence-corrected chi connectivity index (χ1v) is 7.62. The fourth-order valence-electron chi connectivity index (χ4n) is 3.06. The van der Waals surface area contributed by atoms with Gasteiger partial charge in [-0.1, -0.05) is 37.1 Å². The fourth-order valence-corrected chi connectivity index (χ4v) is 3.28. The number of benzene rings is 1. The van der Waals surface area contributed by atoms with Gasteiger partial charge in [0, 0.05) is 5.56 Å². The Morgan fingerprint density at radius 2 is 2.10 bits per heavy atom. The molecule has 0 fully saturated rings. The van der Waals surface area contributed by atoms with E-state index in [-0.39, 0.29) is 6.04 Å². The van der Waals surface area contributed by atoms with Crippen LogP contribution in [0.5, 0.6) is 5.75 Å². The van der Waals surface area contributed by atoms with Gasteiger partial charge < -0.3 is 9.84 Å². The Morgan fingerprint density at radius 1 is 1.40 bits per heavy atom. The summed E-state index contributed by atoms with van der Waals surface area (Å²) in [5, 5.41) is 11.3. The number of hydrogen-bond acceptors (Lipinski definition) is 3. The maximum Gasteiger partial charge on any atom is 0.144 e. The van der Waals surface area contributed by atoms with E-state index in [1.165, 1.54) is 0 Å². The number of unbranched alkanes of at least 4 members (excludes halogenated alkanes) is 1. The summed E-state index contributed by atoms with van der Waals surface area (Å²) in [5.41, 5.74) is 0.296. The first-order chi connectivity index (χ1) is 9.38. The maximum atomic E-state index is 10.8. The predicted octanol–water partition coefficient (Wildman–Crippen LogP) is 3.64. The molecule has 0 amide bonds. The second-order valence-corrected chi connectivity index (χ2v) is 6.49. The van der Waals surface area contributed by atoms with Gasteiger partial charge in [-0.25, -0.2) is 0 Å². The molecule has 1 heterocycles. The van der Waals surface area contributed by atoms with E-state index in [2.05, 4.69) is 11.8 Å². The molecular formula is C16H24ClNO2. The molecular weight excluding hydrogens is 274 g/mol. The summed E-state index contributed by atoms with van der Waals surface area (Å²) in [6.07, 6.45) is 1.66. The molecule has 20 heavy (non-hydrogen) atoms. The summed E-state index contributed by atoms with van der Waals surface area (Å²) in [6.45, 7) is 7.13. The van der Waals surface area contributed by atoms with Crippen LogP contribution in [0.25, 0.3) is 0 Å². The highest BCUT2D eigenvalue weighted by Crippen LogP contribution is 2.45. The zero-order valence-electron chi connectivity index (χ0n) is 12.7. The number of hydrogen-bond donors (Lipinski definition) is 1. The van der Waals surface area contributed by atoms with Crippen molar-refractivity contribution in [1.82, 2.24) is 4.90 Å². The van der Waals surface area contributed by atoms with Gasteiger partial charge in [0.2, 0.25) is 0 Å². The SMILES string of the molecule is CCCCN(C)C1C(O)c2cccc(Cl)c2OC1(C)C. The Labute approximate surface area is 126 Å². The molecule has 3 nitrogen and oxygen atoms in total. The Kier molecular flexibility index (Phi) is 4.62. The molecule has 0 aliphatic carbocycles. The zero-order valence-corrected chi connectivity index (χ0v) is 13.4. The van der Waals surface area contributed by atoms with E-state index in [1.807, 2.05) is 33.0 Å². The van der Waals surface area contributed by atoms with Gasteiger partial charge in [-0.15, -0.1) is 0 Å². The minimum Gasteiger partial charge on any atom is -0.484 e. The Hall–Kier alpha value is -0.770. The number of rotatable bonds is 4. The molecule has 2 unspecified atom stereocenters. The lowest BCUT2D eigenvalue weighted by Crippen LogP contribution is -2.57. The highest BCUT2D eigenvalue weighted by atomic mass is 35.5. The molecule has 1 aliphatic rings. The van der Waals surface area contributed by atoms with Crippen LogP contribution in [0.15, 0.2) is 18.2 Å². The van der Waals surface area contributed by atoms with E-state index in [0.717, 1.165) is 24.9 Å². The van der Waals surface area contributed by atoms with Crippen molar-refractivity contribution in [3.63, 3.8) is 0 Å². The second kappa shape index (κ2) is 5.92. The molecule has 1 N–H and O–H groups in total. The molecule has 0 saturated heterocycles. The molecule has 0 spiro atoms. The fraction of sp³-hybridized carbons (Fsp3) is 0.625. The number of fused-ring (bicyclic) bond motifs is 1. The Bertz CT molecular complexity index is 476. The van der Waals surface area contributed by atoms with Crippen LogP contribution in [0.2, 0.25) is 5.02 Å². The topological polar surface area (TPSA) is 32.7 Å². The summed E-state index contributed by atoms with van der Waals surface area (Å²) in [7, 11) is 2.05. The van der Waals surface area contributed by atoms with Gasteiger partial charge in [-0.05, 0) is 39.9 Å². The van der Waals surface area contributed by atoms with Gasteiger partial charge >= 0.3 is 0 Å². The standard InChI is InChI=1S/C16H24ClNO2/c1-5-6-10-18(4)15-13(19)11-8-7-9-12(17)14(11)20-16(15,2)3/h7-9,13,15,19H,5-6,10H2,1-4H3. The molecule has 1 aliphatic heterocycles. The van der Waals surface area contributed by atoms with Crippen molar-refractivity contribution in [2.24, 2.45) is 0 Å². The first-order valence-electron chi connectivity index (χ1n) is 7.24.